The van der Waals surface area contributed by atoms with Crippen LogP contribution in [0.25, 0.3) is 0 Å². The van der Waals surface area contributed by atoms with Crippen LogP contribution in [0.5, 0.6) is 0 Å². The molecular formula is C13H18N2O2. The fourth-order valence-corrected chi connectivity index (χ4v) is 1.82. The Bertz CT molecular complexity index is 402. The van der Waals surface area contributed by atoms with Crippen LogP contribution in [-0.2, 0) is 11.3 Å². The van der Waals surface area contributed by atoms with E-state index >= 15 is 0 Å². The van der Waals surface area contributed by atoms with Gasteiger partial charge >= 0.3 is 6.09 Å². The Morgan fingerprint density at radius 2 is 2.29 bits per heavy atom. The first kappa shape index (κ1) is 11.8. The summed E-state index contributed by atoms with van der Waals surface area (Å²) >= 11 is 0. The zero-order valence-electron chi connectivity index (χ0n) is 10.1. The van der Waals surface area contributed by atoms with Crippen molar-refractivity contribution in [2.75, 3.05) is 12.3 Å². The Morgan fingerprint density at radius 1 is 1.53 bits per heavy atom. The number of nitrogens with zero attached hydrogens (tertiary/aromatic N) is 1. The van der Waals surface area contributed by atoms with Gasteiger partial charge in [0.15, 0.2) is 0 Å². The Hall–Kier alpha value is -1.71. The van der Waals surface area contributed by atoms with Gasteiger partial charge in [0.2, 0.25) is 0 Å². The van der Waals surface area contributed by atoms with Gasteiger partial charge in [-0.05, 0) is 37.5 Å². The lowest BCUT2D eigenvalue weighted by atomic mass is 10.2. The summed E-state index contributed by atoms with van der Waals surface area (Å²) in [7, 11) is 0. The molecule has 1 saturated carbocycles. The summed E-state index contributed by atoms with van der Waals surface area (Å²) in [5.41, 5.74) is 7.50. The van der Waals surface area contributed by atoms with Crippen molar-refractivity contribution in [1.82, 2.24) is 4.90 Å². The third-order valence-electron chi connectivity index (χ3n) is 2.79. The molecule has 0 bridgehead atoms. The maximum Gasteiger partial charge on any atom is 0.410 e. The molecule has 2 N–H and O–H groups in total. The molecule has 4 nitrogen and oxygen atoms in total. The fraction of sp³-hybridized carbons (Fsp3) is 0.462. The molecule has 0 unspecified atom stereocenters. The molecule has 0 atom stereocenters. The number of hydrogen-bond acceptors (Lipinski definition) is 3. The van der Waals surface area contributed by atoms with Crippen molar-refractivity contribution in [3.8, 4) is 0 Å². The van der Waals surface area contributed by atoms with Crippen molar-refractivity contribution in [3.05, 3.63) is 29.8 Å². The smallest absolute Gasteiger partial charge is 0.410 e. The zero-order valence-corrected chi connectivity index (χ0v) is 10.1. The average molecular weight is 234 g/mol. The van der Waals surface area contributed by atoms with Crippen molar-refractivity contribution < 1.29 is 9.53 Å². The van der Waals surface area contributed by atoms with E-state index < -0.39 is 0 Å². The van der Waals surface area contributed by atoms with E-state index in [0.717, 1.165) is 24.1 Å². The summed E-state index contributed by atoms with van der Waals surface area (Å²) < 4.78 is 5.06. The predicted molar refractivity (Wildman–Crippen MR) is 66.4 cm³/mol. The quantitative estimate of drug-likeness (QED) is 0.814. The van der Waals surface area contributed by atoms with Gasteiger partial charge in [-0.1, -0.05) is 12.1 Å². The molecule has 1 aromatic rings. The fourth-order valence-electron chi connectivity index (χ4n) is 1.82. The van der Waals surface area contributed by atoms with Gasteiger partial charge in [-0.15, -0.1) is 0 Å². The summed E-state index contributed by atoms with van der Waals surface area (Å²) in [5, 5.41) is 0. The first-order valence-corrected chi connectivity index (χ1v) is 5.98. The Balaban J connectivity index is 2.05. The molecule has 2 rings (SSSR count). The van der Waals surface area contributed by atoms with Crippen molar-refractivity contribution in [3.63, 3.8) is 0 Å². The highest BCUT2D eigenvalue weighted by atomic mass is 16.6. The molecule has 0 aliphatic heterocycles. The summed E-state index contributed by atoms with van der Waals surface area (Å²) in [4.78, 5) is 13.6. The van der Waals surface area contributed by atoms with E-state index in [-0.39, 0.29) is 6.09 Å². The van der Waals surface area contributed by atoms with Crippen molar-refractivity contribution in [2.24, 2.45) is 0 Å². The maximum atomic E-state index is 11.8. The molecule has 1 aromatic carbocycles. The molecule has 1 aliphatic carbocycles. The minimum atomic E-state index is -0.225. The third kappa shape index (κ3) is 3.12. The van der Waals surface area contributed by atoms with Crippen molar-refractivity contribution >= 4 is 11.8 Å². The molecule has 1 aliphatic rings. The van der Waals surface area contributed by atoms with E-state index in [1.54, 1.807) is 4.90 Å². The molecule has 92 valence electrons. The van der Waals surface area contributed by atoms with Crippen LogP contribution in [0.4, 0.5) is 10.5 Å². The van der Waals surface area contributed by atoms with Crippen LogP contribution in [0.1, 0.15) is 25.3 Å². The lowest BCUT2D eigenvalue weighted by Gasteiger charge is -2.21. The normalized spacial score (nSPS) is 14.4. The molecule has 0 saturated heterocycles. The van der Waals surface area contributed by atoms with E-state index in [4.69, 9.17) is 10.5 Å². The first-order valence-electron chi connectivity index (χ1n) is 5.98. The maximum absolute atomic E-state index is 11.8. The second-order valence-corrected chi connectivity index (χ2v) is 4.30. The van der Waals surface area contributed by atoms with E-state index in [0.29, 0.717) is 19.2 Å². The van der Waals surface area contributed by atoms with Gasteiger partial charge in [0.25, 0.3) is 0 Å². The molecular weight excluding hydrogens is 216 g/mol. The van der Waals surface area contributed by atoms with Crippen LogP contribution in [-0.4, -0.2) is 23.6 Å². The predicted octanol–water partition coefficient (Wildman–Crippen LogP) is 2.39. The number of amides is 1. The van der Waals surface area contributed by atoms with Gasteiger partial charge in [-0.25, -0.2) is 4.79 Å². The van der Waals surface area contributed by atoms with Gasteiger partial charge in [0, 0.05) is 18.3 Å². The number of hydrogen-bond donors (Lipinski definition) is 1. The lowest BCUT2D eigenvalue weighted by Crippen LogP contribution is -2.33. The Labute approximate surface area is 101 Å². The molecule has 0 heterocycles. The van der Waals surface area contributed by atoms with Crippen LogP contribution < -0.4 is 5.73 Å². The lowest BCUT2D eigenvalue weighted by molar-refractivity contribution is 0.102. The second kappa shape index (κ2) is 5.08. The number of nitrogen functional groups attached to an aromatic ring is 1. The molecule has 0 spiro atoms. The van der Waals surface area contributed by atoms with Crippen LogP contribution in [0, 0.1) is 0 Å². The van der Waals surface area contributed by atoms with E-state index in [1.807, 2.05) is 31.2 Å². The number of nitrogens with two attached hydrogens (primary N) is 1. The number of carbonyl (C=O) groups excluding carboxylic acids is 1. The van der Waals surface area contributed by atoms with Crippen molar-refractivity contribution in [1.29, 1.82) is 0 Å². The van der Waals surface area contributed by atoms with Gasteiger partial charge in [-0.2, -0.15) is 0 Å². The van der Waals surface area contributed by atoms with Crippen LogP contribution >= 0.6 is 0 Å². The number of rotatable bonds is 4. The SMILES string of the molecule is CCOC(=O)N(Cc1cccc(N)c1)C1CC1. The van der Waals surface area contributed by atoms with E-state index in [2.05, 4.69) is 0 Å². The summed E-state index contributed by atoms with van der Waals surface area (Å²) in [5.74, 6) is 0. The van der Waals surface area contributed by atoms with Crippen LogP contribution in [0.2, 0.25) is 0 Å². The van der Waals surface area contributed by atoms with Crippen LogP contribution in [0.15, 0.2) is 24.3 Å². The monoisotopic (exact) mass is 234 g/mol. The number of benzene rings is 1. The standard InChI is InChI=1S/C13H18N2O2/c1-2-17-13(16)15(12-6-7-12)9-10-4-3-5-11(14)8-10/h3-5,8,12H,2,6-7,9,14H2,1H3. The highest BCUT2D eigenvalue weighted by molar-refractivity contribution is 5.68. The molecule has 0 radical (unpaired) electrons. The average Bonchev–Trinajstić information content (AvgIpc) is 3.10. The van der Waals surface area contributed by atoms with Gasteiger partial charge < -0.3 is 15.4 Å². The molecule has 1 amide bonds. The highest BCUT2D eigenvalue weighted by Crippen LogP contribution is 2.29. The van der Waals surface area contributed by atoms with E-state index in [1.165, 1.54) is 0 Å². The third-order valence-corrected chi connectivity index (χ3v) is 2.79. The Kier molecular flexibility index (Phi) is 3.52. The molecule has 4 heteroatoms. The largest absolute Gasteiger partial charge is 0.450 e. The summed E-state index contributed by atoms with van der Waals surface area (Å²) in [6.45, 7) is 2.82. The van der Waals surface area contributed by atoms with Crippen LogP contribution in [0.3, 0.4) is 0 Å². The van der Waals surface area contributed by atoms with Gasteiger partial charge in [0.1, 0.15) is 0 Å². The molecule has 1 fully saturated rings. The number of anilines is 1. The van der Waals surface area contributed by atoms with Crippen molar-refractivity contribution in [2.45, 2.75) is 32.4 Å². The zero-order chi connectivity index (χ0) is 12.3. The topological polar surface area (TPSA) is 55.6 Å². The van der Waals surface area contributed by atoms with Gasteiger partial charge in [0.05, 0.1) is 6.61 Å². The molecule has 17 heavy (non-hydrogen) atoms. The summed E-state index contributed by atoms with van der Waals surface area (Å²) in [6.07, 6.45) is 1.92. The first-order chi connectivity index (χ1) is 8.20. The van der Waals surface area contributed by atoms with Gasteiger partial charge in [-0.3, -0.25) is 0 Å². The highest BCUT2D eigenvalue weighted by Gasteiger charge is 2.33. The number of carbonyl (C=O) groups is 1. The van der Waals surface area contributed by atoms with E-state index in [9.17, 15) is 4.79 Å². The minimum Gasteiger partial charge on any atom is -0.450 e. The number of ether oxygens (including phenoxy) is 1. The minimum absolute atomic E-state index is 0.225. The molecule has 0 aromatic heterocycles. The summed E-state index contributed by atoms with van der Waals surface area (Å²) in [6, 6.07) is 7.96. The second-order valence-electron chi connectivity index (χ2n) is 4.30. The Morgan fingerprint density at radius 3 is 2.88 bits per heavy atom.